The molecule has 0 aliphatic carbocycles. The fourth-order valence-electron chi connectivity index (χ4n) is 2.69. The number of amides is 2. The van der Waals surface area contributed by atoms with Crippen molar-refractivity contribution >= 4 is 17.8 Å². The molecular weight excluding hydrogens is 340 g/mol. The number of hydrogen-bond acceptors (Lipinski definition) is 6. The van der Waals surface area contributed by atoms with E-state index in [9.17, 15) is 14.4 Å². The Hall–Kier alpha value is -2.35. The molecular formula is C18H26N2O6. The minimum atomic E-state index is -0.852. The highest BCUT2D eigenvalue weighted by Crippen LogP contribution is 2.22. The van der Waals surface area contributed by atoms with E-state index in [1.807, 2.05) is 20.8 Å². The lowest BCUT2D eigenvalue weighted by Crippen LogP contribution is -2.54. The van der Waals surface area contributed by atoms with Crippen molar-refractivity contribution in [2.24, 2.45) is 5.41 Å². The Bertz CT molecular complexity index is 675. The SMILES string of the molecule is Cc1occc1OC(=O)N[C@@H](CC(C)(C)C)C(=O)N[C@@H]1C(=O)CO[C@H]1C. The van der Waals surface area contributed by atoms with Gasteiger partial charge >= 0.3 is 6.09 Å². The third-order valence-electron chi connectivity index (χ3n) is 4.04. The Morgan fingerprint density at radius 3 is 2.58 bits per heavy atom. The molecule has 2 heterocycles. The maximum absolute atomic E-state index is 12.7. The lowest BCUT2D eigenvalue weighted by Gasteiger charge is -2.27. The van der Waals surface area contributed by atoms with Gasteiger partial charge < -0.3 is 24.5 Å². The van der Waals surface area contributed by atoms with Gasteiger partial charge in [-0.15, -0.1) is 0 Å². The van der Waals surface area contributed by atoms with E-state index in [1.165, 1.54) is 12.3 Å². The first-order valence-electron chi connectivity index (χ1n) is 8.54. The highest BCUT2D eigenvalue weighted by molar-refractivity contribution is 5.94. The van der Waals surface area contributed by atoms with Gasteiger partial charge in [0.2, 0.25) is 5.91 Å². The minimum Gasteiger partial charge on any atom is -0.466 e. The molecule has 1 aliphatic heterocycles. The zero-order valence-corrected chi connectivity index (χ0v) is 15.8. The van der Waals surface area contributed by atoms with Crippen LogP contribution in [0, 0.1) is 12.3 Å². The summed E-state index contributed by atoms with van der Waals surface area (Å²) in [4.78, 5) is 36.7. The molecule has 2 N–H and O–H groups in total. The Balaban J connectivity index is 2.04. The van der Waals surface area contributed by atoms with Gasteiger partial charge in [-0.3, -0.25) is 9.59 Å². The van der Waals surface area contributed by atoms with Gasteiger partial charge in [-0.25, -0.2) is 4.79 Å². The summed E-state index contributed by atoms with van der Waals surface area (Å²) in [7, 11) is 0. The molecule has 2 rings (SSSR count). The molecule has 0 bridgehead atoms. The molecule has 8 nitrogen and oxygen atoms in total. The Morgan fingerprint density at radius 1 is 1.38 bits per heavy atom. The summed E-state index contributed by atoms with van der Waals surface area (Å²) in [6, 6.07) is -0.0431. The number of hydrogen-bond donors (Lipinski definition) is 2. The van der Waals surface area contributed by atoms with Gasteiger partial charge in [0.1, 0.15) is 24.5 Å². The van der Waals surface area contributed by atoms with E-state index >= 15 is 0 Å². The maximum Gasteiger partial charge on any atom is 0.413 e. The lowest BCUT2D eigenvalue weighted by molar-refractivity contribution is -0.128. The lowest BCUT2D eigenvalue weighted by atomic mass is 9.87. The number of furan rings is 1. The number of Topliss-reactive ketones (excluding diaryl/α,β-unsaturated/α-hetero) is 1. The van der Waals surface area contributed by atoms with Gasteiger partial charge in [0, 0.05) is 6.07 Å². The fourth-order valence-corrected chi connectivity index (χ4v) is 2.69. The standard InChI is InChI=1S/C18H26N2O6/c1-10-14(6-7-24-10)26-17(23)19-12(8-18(3,4)5)16(22)20-15-11(2)25-9-13(15)21/h6-7,11-12,15H,8-9H2,1-5H3,(H,19,23)(H,20,22)/t11-,12-,15-/m0/s1. The molecule has 0 spiro atoms. The molecule has 1 aromatic rings. The fraction of sp³-hybridized carbons (Fsp3) is 0.611. The number of carbonyl (C=O) groups is 3. The summed E-state index contributed by atoms with van der Waals surface area (Å²) in [5, 5.41) is 5.25. The molecule has 3 atom stereocenters. The first-order chi connectivity index (χ1) is 12.1. The predicted octanol–water partition coefficient (Wildman–Crippen LogP) is 1.95. The van der Waals surface area contributed by atoms with Crippen LogP contribution in [0.4, 0.5) is 4.79 Å². The van der Waals surface area contributed by atoms with Crippen molar-refractivity contribution < 1.29 is 28.3 Å². The van der Waals surface area contributed by atoms with Gasteiger partial charge in [-0.05, 0) is 25.7 Å². The first-order valence-corrected chi connectivity index (χ1v) is 8.54. The summed E-state index contributed by atoms with van der Waals surface area (Å²) in [5.41, 5.74) is -0.233. The van der Waals surface area contributed by atoms with Gasteiger partial charge in [0.05, 0.1) is 12.4 Å². The Morgan fingerprint density at radius 2 is 2.08 bits per heavy atom. The molecule has 8 heteroatoms. The van der Waals surface area contributed by atoms with Crippen LogP contribution in [0.3, 0.4) is 0 Å². The van der Waals surface area contributed by atoms with Crippen LogP contribution in [0.2, 0.25) is 0 Å². The molecule has 1 aliphatic rings. The van der Waals surface area contributed by atoms with Crippen LogP contribution in [0.5, 0.6) is 5.75 Å². The number of ether oxygens (including phenoxy) is 2. The van der Waals surface area contributed by atoms with E-state index in [4.69, 9.17) is 13.9 Å². The van der Waals surface area contributed by atoms with E-state index in [2.05, 4.69) is 10.6 Å². The zero-order chi connectivity index (χ0) is 19.5. The number of aryl methyl sites for hydroxylation is 1. The molecule has 1 aromatic heterocycles. The van der Waals surface area contributed by atoms with Crippen molar-refractivity contribution in [2.75, 3.05) is 6.61 Å². The number of carbonyl (C=O) groups excluding carboxylic acids is 3. The first kappa shape index (κ1) is 20.0. The molecule has 0 unspecified atom stereocenters. The van der Waals surface area contributed by atoms with Crippen molar-refractivity contribution in [1.29, 1.82) is 0 Å². The second-order valence-electron chi connectivity index (χ2n) is 7.66. The third-order valence-corrected chi connectivity index (χ3v) is 4.04. The zero-order valence-electron chi connectivity index (χ0n) is 15.8. The van der Waals surface area contributed by atoms with Crippen LogP contribution < -0.4 is 15.4 Å². The quantitative estimate of drug-likeness (QED) is 0.825. The van der Waals surface area contributed by atoms with Gasteiger partial charge in [0.25, 0.3) is 0 Å². The normalized spacial score (nSPS) is 21.3. The number of nitrogens with one attached hydrogen (secondary N) is 2. The minimum absolute atomic E-state index is 0.0225. The van der Waals surface area contributed by atoms with E-state index in [-0.39, 0.29) is 23.6 Å². The average molecular weight is 366 g/mol. The summed E-state index contributed by atoms with van der Waals surface area (Å²) < 4.78 is 15.5. The molecule has 0 radical (unpaired) electrons. The second-order valence-corrected chi connectivity index (χ2v) is 7.66. The van der Waals surface area contributed by atoms with E-state index < -0.39 is 30.2 Å². The highest BCUT2D eigenvalue weighted by Gasteiger charge is 2.36. The van der Waals surface area contributed by atoms with Crippen molar-refractivity contribution in [3.05, 3.63) is 18.1 Å². The van der Waals surface area contributed by atoms with Crippen molar-refractivity contribution in [1.82, 2.24) is 10.6 Å². The topological polar surface area (TPSA) is 107 Å². The number of rotatable bonds is 5. The van der Waals surface area contributed by atoms with Crippen LogP contribution in [0.1, 0.15) is 39.9 Å². The van der Waals surface area contributed by atoms with Crippen LogP contribution in [-0.4, -0.2) is 42.6 Å². The average Bonchev–Trinajstić information content (AvgIpc) is 3.05. The summed E-state index contributed by atoms with van der Waals surface area (Å²) in [6.45, 7) is 9.21. The maximum atomic E-state index is 12.7. The van der Waals surface area contributed by atoms with Crippen LogP contribution >= 0.6 is 0 Å². The monoisotopic (exact) mass is 366 g/mol. The largest absolute Gasteiger partial charge is 0.466 e. The highest BCUT2D eigenvalue weighted by atomic mass is 16.6. The van der Waals surface area contributed by atoms with Gasteiger partial charge in [-0.2, -0.15) is 0 Å². The van der Waals surface area contributed by atoms with Crippen molar-refractivity contribution in [3.63, 3.8) is 0 Å². The van der Waals surface area contributed by atoms with Crippen LogP contribution in [0.15, 0.2) is 16.7 Å². The van der Waals surface area contributed by atoms with Crippen molar-refractivity contribution in [3.8, 4) is 5.75 Å². The second kappa shape index (κ2) is 7.90. The van der Waals surface area contributed by atoms with Crippen LogP contribution in [0.25, 0.3) is 0 Å². The number of ketones is 1. The van der Waals surface area contributed by atoms with Gasteiger partial charge in [0.15, 0.2) is 11.5 Å². The molecule has 0 saturated carbocycles. The molecule has 26 heavy (non-hydrogen) atoms. The molecule has 1 fully saturated rings. The van der Waals surface area contributed by atoms with Gasteiger partial charge in [-0.1, -0.05) is 20.8 Å². The van der Waals surface area contributed by atoms with Crippen molar-refractivity contribution in [2.45, 2.75) is 59.2 Å². The summed E-state index contributed by atoms with van der Waals surface area (Å²) in [6.07, 6.45) is 0.613. The van der Waals surface area contributed by atoms with E-state index in [1.54, 1.807) is 13.8 Å². The van der Waals surface area contributed by atoms with Crippen LogP contribution in [-0.2, 0) is 14.3 Å². The molecule has 1 saturated heterocycles. The molecule has 0 aromatic carbocycles. The summed E-state index contributed by atoms with van der Waals surface area (Å²) >= 11 is 0. The predicted molar refractivity (Wildman–Crippen MR) is 92.8 cm³/mol. The van der Waals surface area contributed by atoms with E-state index in [0.29, 0.717) is 12.2 Å². The third kappa shape index (κ3) is 5.32. The molecule has 144 valence electrons. The molecule has 2 amide bonds. The smallest absolute Gasteiger partial charge is 0.413 e. The van der Waals surface area contributed by atoms with E-state index in [0.717, 1.165) is 0 Å². The Labute approximate surface area is 152 Å². The Kier molecular flexibility index (Phi) is 6.07. The summed E-state index contributed by atoms with van der Waals surface area (Å²) in [5.74, 6) is 0.110.